The SMILES string of the molecule is O=C(NCCN1CCC2(CC2)C1)c1cnc2c(c1)[nH]c(=O)c1c2nn2cc(-c3ccccn3)sc12. The number of fused-ring (bicyclic) bond motifs is 5. The van der Waals surface area contributed by atoms with E-state index in [1.807, 2.05) is 24.4 Å². The van der Waals surface area contributed by atoms with E-state index < -0.39 is 0 Å². The fraction of sp³-hybridized carbons (Fsp3) is 0.320. The Morgan fingerprint density at radius 1 is 1.20 bits per heavy atom. The van der Waals surface area contributed by atoms with Gasteiger partial charge in [-0.2, -0.15) is 5.10 Å². The normalized spacial score (nSPS) is 17.1. The molecule has 1 amide bonds. The molecule has 0 unspecified atom stereocenters. The Balaban J connectivity index is 1.15. The summed E-state index contributed by atoms with van der Waals surface area (Å²) in [6.45, 7) is 3.73. The third kappa shape index (κ3) is 3.52. The molecule has 1 aliphatic carbocycles. The molecular formula is C25H23N7O2S. The van der Waals surface area contributed by atoms with Crippen LogP contribution in [-0.4, -0.2) is 61.6 Å². The lowest BCUT2D eigenvalue weighted by Crippen LogP contribution is -2.34. The molecule has 176 valence electrons. The number of pyridine rings is 3. The maximum atomic E-state index is 13.0. The molecule has 6 heterocycles. The highest BCUT2D eigenvalue weighted by Crippen LogP contribution is 2.52. The quantitative estimate of drug-likeness (QED) is 0.396. The van der Waals surface area contributed by atoms with Gasteiger partial charge in [-0.05, 0) is 49.4 Å². The van der Waals surface area contributed by atoms with Gasteiger partial charge in [-0.1, -0.05) is 6.07 Å². The molecule has 0 bridgehead atoms. The number of nitrogens with zero attached hydrogens (tertiary/aromatic N) is 5. The molecule has 35 heavy (non-hydrogen) atoms. The minimum absolute atomic E-state index is 0.188. The van der Waals surface area contributed by atoms with Crippen molar-refractivity contribution in [2.45, 2.75) is 19.3 Å². The number of hydrogen-bond acceptors (Lipinski definition) is 7. The van der Waals surface area contributed by atoms with Crippen LogP contribution in [0.4, 0.5) is 0 Å². The molecule has 9 nitrogen and oxygen atoms in total. The Morgan fingerprint density at radius 3 is 2.91 bits per heavy atom. The van der Waals surface area contributed by atoms with E-state index in [-0.39, 0.29) is 11.5 Å². The lowest BCUT2D eigenvalue weighted by Gasteiger charge is -2.16. The number of aromatic amines is 1. The number of amides is 1. The zero-order valence-corrected chi connectivity index (χ0v) is 19.8. The Kier molecular flexibility index (Phi) is 4.55. The minimum atomic E-state index is -0.251. The Labute approximate surface area is 203 Å². The van der Waals surface area contributed by atoms with E-state index in [9.17, 15) is 9.59 Å². The molecule has 5 aromatic heterocycles. The van der Waals surface area contributed by atoms with Gasteiger partial charge in [0.25, 0.3) is 11.5 Å². The first-order valence-electron chi connectivity index (χ1n) is 11.8. The van der Waals surface area contributed by atoms with Crippen LogP contribution in [0.1, 0.15) is 29.6 Å². The van der Waals surface area contributed by atoms with Crippen LogP contribution in [-0.2, 0) is 0 Å². The molecule has 1 aliphatic heterocycles. The van der Waals surface area contributed by atoms with Crippen LogP contribution in [0.3, 0.4) is 0 Å². The summed E-state index contributed by atoms with van der Waals surface area (Å²) in [5, 5.41) is 8.13. The first-order chi connectivity index (χ1) is 17.1. The number of H-pyrrole nitrogens is 1. The molecule has 1 saturated carbocycles. The van der Waals surface area contributed by atoms with Gasteiger partial charge in [-0.15, -0.1) is 11.3 Å². The molecular weight excluding hydrogens is 462 g/mol. The van der Waals surface area contributed by atoms with Gasteiger partial charge in [0.15, 0.2) is 0 Å². The van der Waals surface area contributed by atoms with Crippen LogP contribution >= 0.6 is 11.3 Å². The second-order valence-electron chi connectivity index (χ2n) is 9.64. The lowest BCUT2D eigenvalue weighted by molar-refractivity contribution is 0.0949. The summed E-state index contributed by atoms with van der Waals surface area (Å²) in [5.41, 5.74) is 3.19. The number of thiazole rings is 1. The molecule has 0 atom stereocenters. The molecule has 2 fully saturated rings. The number of carbonyl (C=O) groups is 1. The van der Waals surface area contributed by atoms with Crippen molar-refractivity contribution in [3.8, 4) is 10.6 Å². The first-order valence-corrected chi connectivity index (χ1v) is 12.7. The average Bonchev–Trinajstić information content (AvgIpc) is 3.16. The number of likely N-dealkylation sites (tertiary alicyclic amines) is 1. The Morgan fingerprint density at radius 2 is 2.11 bits per heavy atom. The maximum Gasteiger partial charge on any atom is 0.261 e. The van der Waals surface area contributed by atoms with Crippen molar-refractivity contribution >= 4 is 44.0 Å². The van der Waals surface area contributed by atoms with Gasteiger partial charge in [-0.25, -0.2) is 4.52 Å². The molecule has 7 rings (SSSR count). The smallest absolute Gasteiger partial charge is 0.261 e. The van der Waals surface area contributed by atoms with Gasteiger partial charge in [0.05, 0.1) is 21.7 Å². The maximum absolute atomic E-state index is 13.0. The fourth-order valence-corrected chi connectivity index (χ4v) is 6.20. The first kappa shape index (κ1) is 20.7. The van der Waals surface area contributed by atoms with Crippen molar-refractivity contribution in [2.24, 2.45) is 5.41 Å². The van der Waals surface area contributed by atoms with E-state index in [2.05, 4.69) is 30.3 Å². The van der Waals surface area contributed by atoms with Gasteiger partial charge in [-0.3, -0.25) is 19.6 Å². The summed E-state index contributed by atoms with van der Waals surface area (Å²) in [7, 11) is 0. The van der Waals surface area contributed by atoms with Crippen molar-refractivity contribution in [3.63, 3.8) is 0 Å². The zero-order chi connectivity index (χ0) is 23.6. The monoisotopic (exact) mass is 485 g/mol. The summed E-state index contributed by atoms with van der Waals surface area (Å²) in [6, 6.07) is 7.40. The van der Waals surface area contributed by atoms with Gasteiger partial charge < -0.3 is 15.2 Å². The summed E-state index contributed by atoms with van der Waals surface area (Å²) in [6.07, 6.45) is 9.16. The molecule has 1 spiro atoms. The van der Waals surface area contributed by atoms with E-state index >= 15 is 0 Å². The highest BCUT2D eigenvalue weighted by Gasteiger charge is 2.47. The zero-order valence-electron chi connectivity index (χ0n) is 19.0. The Hall–Kier alpha value is -3.63. The van der Waals surface area contributed by atoms with E-state index in [4.69, 9.17) is 0 Å². The third-order valence-electron chi connectivity index (χ3n) is 7.27. The summed E-state index contributed by atoms with van der Waals surface area (Å²) in [4.78, 5) is 41.7. The van der Waals surface area contributed by atoms with Gasteiger partial charge in [0, 0.05) is 38.2 Å². The second-order valence-corrected chi connectivity index (χ2v) is 10.7. The Bertz CT molecular complexity index is 1670. The summed E-state index contributed by atoms with van der Waals surface area (Å²) >= 11 is 1.46. The number of nitrogens with one attached hydrogen (secondary N) is 2. The molecule has 2 N–H and O–H groups in total. The summed E-state index contributed by atoms with van der Waals surface area (Å²) in [5.74, 6) is -0.188. The minimum Gasteiger partial charge on any atom is -0.351 e. The lowest BCUT2D eigenvalue weighted by atomic mass is 10.1. The van der Waals surface area contributed by atoms with Gasteiger partial charge in [0.1, 0.15) is 21.3 Å². The van der Waals surface area contributed by atoms with Gasteiger partial charge >= 0.3 is 0 Å². The van der Waals surface area contributed by atoms with Crippen LogP contribution in [0.2, 0.25) is 0 Å². The number of rotatable bonds is 5. The fourth-order valence-electron chi connectivity index (χ4n) is 5.13. The van der Waals surface area contributed by atoms with Crippen LogP contribution < -0.4 is 10.9 Å². The number of hydrogen-bond donors (Lipinski definition) is 2. The van der Waals surface area contributed by atoms with E-state index in [1.165, 1.54) is 30.6 Å². The van der Waals surface area contributed by atoms with Crippen molar-refractivity contribution in [2.75, 3.05) is 26.2 Å². The predicted octanol–water partition coefficient (Wildman–Crippen LogP) is 3.06. The standard InChI is InChI=1S/C25H23N7O2S/c33-22(27-8-10-31-9-6-25(14-31)4-5-25)15-11-17-20(28-12-15)21-19(23(34)29-17)24-32(30-21)13-18(35-24)16-3-1-2-7-26-16/h1-3,7,11-13H,4-6,8-10,14H2,(H,27,33)(H,29,34). The van der Waals surface area contributed by atoms with Gasteiger partial charge in [0.2, 0.25) is 0 Å². The number of carbonyl (C=O) groups excluding carboxylic acids is 1. The van der Waals surface area contributed by atoms with E-state index in [0.29, 0.717) is 39.5 Å². The predicted molar refractivity (Wildman–Crippen MR) is 135 cm³/mol. The molecule has 5 aromatic rings. The van der Waals surface area contributed by atoms with E-state index in [0.717, 1.165) is 35.0 Å². The molecule has 0 aromatic carbocycles. The topological polar surface area (TPSA) is 108 Å². The largest absolute Gasteiger partial charge is 0.351 e. The molecule has 0 radical (unpaired) electrons. The van der Waals surface area contributed by atoms with Crippen molar-refractivity contribution in [3.05, 3.63) is 58.8 Å². The second kappa shape index (κ2) is 7.69. The molecule has 2 aliphatic rings. The van der Waals surface area contributed by atoms with Crippen molar-refractivity contribution in [1.29, 1.82) is 0 Å². The van der Waals surface area contributed by atoms with Crippen molar-refractivity contribution < 1.29 is 4.79 Å². The van der Waals surface area contributed by atoms with Crippen LogP contribution in [0.25, 0.3) is 37.3 Å². The highest BCUT2D eigenvalue weighted by atomic mass is 32.1. The number of aromatic nitrogens is 5. The van der Waals surface area contributed by atoms with Crippen LogP contribution in [0, 0.1) is 5.41 Å². The third-order valence-corrected chi connectivity index (χ3v) is 8.39. The molecule has 1 saturated heterocycles. The average molecular weight is 486 g/mol. The van der Waals surface area contributed by atoms with Crippen LogP contribution in [0.5, 0.6) is 0 Å². The summed E-state index contributed by atoms with van der Waals surface area (Å²) < 4.78 is 1.71. The van der Waals surface area contributed by atoms with Crippen molar-refractivity contribution in [1.82, 2.24) is 34.8 Å². The van der Waals surface area contributed by atoms with Crippen LogP contribution in [0.15, 0.2) is 47.7 Å². The van der Waals surface area contributed by atoms with E-state index in [1.54, 1.807) is 23.0 Å². The highest BCUT2D eigenvalue weighted by molar-refractivity contribution is 7.21. The molecule has 10 heteroatoms.